The Bertz CT molecular complexity index is 294. The number of rotatable bonds is 7. The van der Waals surface area contributed by atoms with E-state index in [4.69, 9.17) is 0 Å². The van der Waals surface area contributed by atoms with Gasteiger partial charge in [0.05, 0.1) is 6.04 Å². The first-order valence-electron chi connectivity index (χ1n) is 6.14. The maximum Gasteiger partial charge on any atom is 0.167 e. The molecule has 1 N–H and O–H groups in total. The quantitative estimate of drug-likeness (QED) is 0.768. The Morgan fingerprint density at radius 3 is 2.69 bits per heavy atom. The Balaban J connectivity index is 2.55. The van der Waals surface area contributed by atoms with E-state index in [1.807, 2.05) is 4.68 Å². The molecule has 16 heavy (non-hydrogen) atoms. The fourth-order valence-electron chi connectivity index (χ4n) is 1.51. The number of nitrogens with one attached hydrogen (secondary N) is 1. The van der Waals surface area contributed by atoms with Gasteiger partial charge in [-0.15, -0.1) is 5.10 Å². The zero-order valence-corrected chi connectivity index (χ0v) is 10.8. The standard InChI is InChI=1S/C11H23N5/c1-5-7-12-10(4)11-13-14-15-16(11)8-6-9(2)3/h9-10,12H,5-8H2,1-4H3. The Labute approximate surface area is 97.6 Å². The van der Waals surface area contributed by atoms with Crippen LogP contribution >= 0.6 is 0 Å². The third-order valence-corrected chi connectivity index (χ3v) is 2.57. The Morgan fingerprint density at radius 1 is 1.31 bits per heavy atom. The number of hydrogen-bond acceptors (Lipinski definition) is 4. The smallest absolute Gasteiger partial charge is 0.167 e. The molecule has 0 aromatic carbocycles. The van der Waals surface area contributed by atoms with Gasteiger partial charge in [0.1, 0.15) is 0 Å². The van der Waals surface area contributed by atoms with Crippen molar-refractivity contribution in [3.05, 3.63) is 5.82 Å². The van der Waals surface area contributed by atoms with Gasteiger partial charge in [-0.3, -0.25) is 0 Å². The van der Waals surface area contributed by atoms with Crippen molar-refractivity contribution in [1.29, 1.82) is 0 Å². The molecule has 1 atom stereocenters. The van der Waals surface area contributed by atoms with E-state index in [1.54, 1.807) is 0 Å². The second-order valence-corrected chi connectivity index (χ2v) is 4.62. The van der Waals surface area contributed by atoms with Gasteiger partial charge < -0.3 is 5.32 Å². The highest BCUT2D eigenvalue weighted by atomic mass is 15.5. The van der Waals surface area contributed by atoms with Gasteiger partial charge in [-0.2, -0.15) is 0 Å². The largest absolute Gasteiger partial charge is 0.307 e. The van der Waals surface area contributed by atoms with Gasteiger partial charge in [-0.25, -0.2) is 4.68 Å². The highest BCUT2D eigenvalue weighted by Gasteiger charge is 2.13. The fourth-order valence-corrected chi connectivity index (χ4v) is 1.51. The molecule has 0 spiro atoms. The van der Waals surface area contributed by atoms with Gasteiger partial charge in [0.2, 0.25) is 0 Å². The molecule has 0 saturated carbocycles. The molecule has 0 amide bonds. The Hall–Kier alpha value is -0.970. The zero-order valence-electron chi connectivity index (χ0n) is 10.8. The molecule has 0 aliphatic carbocycles. The average Bonchev–Trinajstić information content (AvgIpc) is 2.71. The molecule has 0 fully saturated rings. The topological polar surface area (TPSA) is 55.6 Å². The van der Waals surface area contributed by atoms with E-state index in [9.17, 15) is 0 Å². The minimum atomic E-state index is 0.224. The Kier molecular flexibility index (Phi) is 5.38. The molecule has 0 bridgehead atoms. The lowest BCUT2D eigenvalue weighted by atomic mass is 10.1. The lowest BCUT2D eigenvalue weighted by Crippen LogP contribution is -2.23. The molecule has 1 rings (SSSR count). The van der Waals surface area contributed by atoms with Crippen molar-refractivity contribution in [3.8, 4) is 0 Å². The number of hydrogen-bond donors (Lipinski definition) is 1. The summed E-state index contributed by atoms with van der Waals surface area (Å²) in [5.74, 6) is 1.62. The second kappa shape index (κ2) is 6.58. The summed E-state index contributed by atoms with van der Waals surface area (Å²) in [6.07, 6.45) is 2.23. The second-order valence-electron chi connectivity index (χ2n) is 4.62. The highest BCUT2D eigenvalue weighted by molar-refractivity contribution is 4.89. The molecular formula is C11H23N5. The summed E-state index contributed by atoms with van der Waals surface area (Å²) >= 11 is 0. The zero-order chi connectivity index (χ0) is 12.0. The number of nitrogens with zero attached hydrogens (tertiary/aromatic N) is 4. The normalized spacial score (nSPS) is 13.3. The minimum Gasteiger partial charge on any atom is -0.307 e. The van der Waals surface area contributed by atoms with E-state index in [-0.39, 0.29) is 6.04 Å². The summed E-state index contributed by atoms with van der Waals surface area (Å²) in [4.78, 5) is 0. The van der Waals surface area contributed by atoms with E-state index in [0.29, 0.717) is 5.92 Å². The van der Waals surface area contributed by atoms with Crippen LogP contribution in [0.4, 0.5) is 0 Å². The molecule has 5 nitrogen and oxygen atoms in total. The monoisotopic (exact) mass is 225 g/mol. The van der Waals surface area contributed by atoms with E-state index < -0.39 is 0 Å². The van der Waals surface area contributed by atoms with Crippen molar-refractivity contribution < 1.29 is 0 Å². The predicted octanol–water partition coefficient (Wildman–Crippen LogP) is 1.78. The van der Waals surface area contributed by atoms with E-state index in [0.717, 1.165) is 31.8 Å². The van der Waals surface area contributed by atoms with E-state index >= 15 is 0 Å². The molecule has 5 heteroatoms. The van der Waals surface area contributed by atoms with Crippen LogP contribution in [0.5, 0.6) is 0 Å². The maximum atomic E-state index is 4.09. The summed E-state index contributed by atoms with van der Waals surface area (Å²) in [7, 11) is 0. The van der Waals surface area contributed by atoms with Crippen molar-refractivity contribution >= 4 is 0 Å². The van der Waals surface area contributed by atoms with Crippen LogP contribution in [0.15, 0.2) is 0 Å². The van der Waals surface area contributed by atoms with Gasteiger partial charge in [0.15, 0.2) is 5.82 Å². The SMILES string of the molecule is CCCNC(C)c1nnnn1CCC(C)C. The van der Waals surface area contributed by atoms with Gasteiger partial charge in [0.25, 0.3) is 0 Å². The van der Waals surface area contributed by atoms with Crippen molar-refractivity contribution in [1.82, 2.24) is 25.5 Å². The number of aryl methyl sites for hydroxylation is 1. The first kappa shape index (κ1) is 13.1. The van der Waals surface area contributed by atoms with Crippen LogP contribution < -0.4 is 5.32 Å². The third-order valence-electron chi connectivity index (χ3n) is 2.57. The van der Waals surface area contributed by atoms with Crippen molar-refractivity contribution in [2.24, 2.45) is 5.92 Å². The van der Waals surface area contributed by atoms with Crippen LogP contribution in [-0.4, -0.2) is 26.8 Å². The minimum absolute atomic E-state index is 0.224. The van der Waals surface area contributed by atoms with Gasteiger partial charge in [0, 0.05) is 6.54 Å². The summed E-state index contributed by atoms with van der Waals surface area (Å²) in [5.41, 5.74) is 0. The lowest BCUT2D eigenvalue weighted by Gasteiger charge is -2.13. The molecule has 0 aliphatic heterocycles. The molecule has 92 valence electrons. The molecule has 1 aromatic heterocycles. The molecule has 1 unspecified atom stereocenters. The van der Waals surface area contributed by atoms with Crippen LogP contribution in [0.2, 0.25) is 0 Å². The van der Waals surface area contributed by atoms with Crippen LogP contribution in [-0.2, 0) is 6.54 Å². The molecule has 0 saturated heterocycles. The molecule has 0 radical (unpaired) electrons. The maximum absolute atomic E-state index is 4.09. The van der Waals surface area contributed by atoms with Gasteiger partial charge >= 0.3 is 0 Å². The average molecular weight is 225 g/mol. The molecule has 1 heterocycles. The fraction of sp³-hybridized carbons (Fsp3) is 0.909. The number of tetrazole rings is 1. The van der Waals surface area contributed by atoms with Crippen LogP contribution in [0, 0.1) is 5.92 Å². The lowest BCUT2D eigenvalue weighted by molar-refractivity contribution is 0.440. The number of aromatic nitrogens is 4. The van der Waals surface area contributed by atoms with Crippen LogP contribution in [0.1, 0.15) is 52.4 Å². The predicted molar refractivity (Wildman–Crippen MR) is 64.0 cm³/mol. The van der Waals surface area contributed by atoms with Crippen LogP contribution in [0.3, 0.4) is 0 Å². The summed E-state index contributed by atoms with van der Waals surface area (Å²) < 4.78 is 1.91. The van der Waals surface area contributed by atoms with E-state index in [1.165, 1.54) is 0 Å². The van der Waals surface area contributed by atoms with Crippen molar-refractivity contribution in [3.63, 3.8) is 0 Å². The van der Waals surface area contributed by atoms with Crippen molar-refractivity contribution in [2.45, 2.75) is 53.1 Å². The van der Waals surface area contributed by atoms with Gasteiger partial charge in [-0.1, -0.05) is 20.8 Å². The van der Waals surface area contributed by atoms with E-state index in [2.05, 4.69) is 48.5 Å². The molecule has 0 aliphatic rings. The molecule has 1 aromatic rings. The van der Waals surface area contributed by atoms with Gasteiger partial charge in [-0.05, 0) is 42.7 Å². The highest BCUT2D eigenvalue weighted by Crippen LogP contribution is 2.09. The summed E-state index contributed by atoms with van der Waals surface area (Å²) in [6.45, 7) is 10.6. The Morgan fingerprint density at radius 2 is 2.06 bits per heavy atom. The first-order valence-corrected chi connectivity index (χ1v) is 6.14. The first-order chi connectivity index (χ1) is 7.65. The van der Waals surface area contributed by atoms with Crippen molar-refractivity contribution in [2.75, 3.05) is 6.54 Å². The third kappa shape index (κ3) is 3.89. The van der Waals surface area contributed by atoms with Crippen LogP contribution in [0.25, 0.3) is 0 Å². The summed E-state index contributed by atoms with van der Waals surface area (Å²) in [5, 5.41) is 15.3. The summed E-state index contributed by atoms with van der Waals surface area (Å²) in [6, 6.07) is 0.224. The molecular weight excluding hydrogens is 202 g/mol.